The van der Waals surface area contributed by atoms with Crippen LogP contribution in [0.4, 0.5) is 0 Å². The molecular weight excluding hydrogens is 240 g/mol. The van der Waals surface area contributed by atoms with Crippen molar-refractivity contribution < 1.29 is 9.59 Å². The van der Waals surface area contributed by atoms with Gasteiger partial charge in [0.15, 0.2) is 0 Å². The summed E-state index contributed by atoms with van der Waals surface area (Å²) in [6.07, 6.45) is 7.08. The number of carbonyl (C=O) groups is 2. The molecule has 19 heavy (non-hydrogen) atoms. The minimum atomic E-state index is -0.301. The third-order valence-corrected chi connectivity index (χ3v) is 4.69. The SMILES string of the molecule is CCC(C)N1C(=O)CC(NC2(C)CCCCC2)C1=O. The van der Waals surface area contributed by atoms with Crippen molar-refractivity contribution in [2.75, 3.05) is 0 Å². The Balaban J connectivity index is 2.02. The number of rotatable bonds is 4. The predicted molar refractivity (Wildman–Crippen MR) is 74.6 cm³/mol. The molecule has 2 atom stereocenters. The van der Waals surface area contributed by atoms with Gasteiger partial charge in [-0.05, 0) is 33.1 Å². The fraction of sp³-hybridized carbons (Fsp3) is 0.867. The molecule has 0 spiro atoms. The highest BCUT2D eigenvalue weighted by Gasteiger charge is 2.43. The van der Waals surface area contributed by atoms with E-state index in [1.54, 1.807) is 0 Å². The molecule has 0 bridgehead atoms. The van der Waals surface area contributed by atoms with Gasteiger partial charge >= 0.3 is 0 Å². The monoisotopic (exact) mass is 266 g/mol. The molecule has 1 heterocycles. The average molecular weight is 266 g/mol. The van der Waals surface area contributed by atoms with Crippen molar-refractivity contribution in [3.8, 4) is 0 Å². The van der Waals surface area contributed by atoms with E-state index in [9.17, 15) is 9.59 Å². The van der Waals surface area contributed by atoms with Gasteiger partial charge in [-0.2, -0.15) is 0 Å². The maximum Gasteiger partial charge on any atom is 0.247 e. The number of amides is 2. The Morgan fingerprint density at radius 1 is 1.32 bits per heavy atom. The lowest BCUT2D eigenvalue weighted by Gasteiger charge is -2.36. The van der Waals surface area contributed by atoms with E-state index in [1.165, 1.54) is 24.2 Å². The van der Waals surface area contributed by atoms with Gasteiger partial charge in [-0.3, -0.25) is 14.5 Å². The summed E-state index contributed by atoms with van der Waals surface area (Å²) < 4.78 is 0. The van der Waals surface area contributed by atoms with Crippen LogP contribution in [0.1, 0.15) is 65.7 Å². The van der Waals surface area contributed by atoms with Crippen molar-refractivity contribution in [1.29, 1.82) is 0 Å². The van der Waals surface area contributed by atoms with Crippen LogP contribution < -0.4 is 5.32 Å². The van der Waals surface area contributed by atoms with Crippen LogP contribution in [0.15, 0.2) is 0 Å². The molecule has 0 radical (unpaired) electrons. The summed E-state index contributed by atoms with van der Waals surface area (Å²) in [6, 6.07) is -0.282. The van der Waals surface area contributed by atoms with Gasteiger partial charge in [0.05, 0.1) is 12.5 Å². The molecule has 2 amide bonds. The Bertz CT molecular complexity index is 361. The molecule has 2 rings (SSSR count). The lowest BCUT2D eigenvalue weighted by atomic mass is 9.82. The largest absolute Gasteiger partial charge is 0.300 e. The summed E-state index contributed by atoms with van der Waals surface area (Å²) in [6.45, 7) is 6.14. The lowest BCUT2D eigenvalue weighted by Crippen LogP contribution is -2.52. The summed E-state index contributed by atoms with van der Waals surface area (Å²) in [5, 5.41) is 3.47. The zero-order valence-corrected chi connectivity index (χ0v) is 12.4. The summed E-state index contributed by atoms with van der Waals surface area (Å²) in [4.78, 5) is 25.8. The molecule has 2 fully saturated rings. The Kier molecular flexibility index (Phi) is 4.29. The third-order valence-electron chi connectivity index (χ3n) is 4.69. The Hall–Kier alpha value is -0.900. The summed E-state index contributed by atoms with van der Waals surface area (Å²) in [5.74, 6) is -0.0394. The van der Waals surface area contributed by atoms with Gasteiger partial charge in [0.2, 0.25) is 11.8 Å². The van der Waals surface area contributed by atoms with Crippen molar-refractivity contribution >= 4 is 11.8 Å². The highest BCUT2D eigenvalue weighted by Crippen LogP contribution is 2.30. The molecule has 4 heteroatoms. The van der Waals surface area contributed by atoms with Crippen molar-refractivity contribution in [2.45, 2.75) is 83.3 Å². The van der Waals surface area contributed by atoms with E-state index in [4.69, 9.17) is 0 Å². The van der Waals surface area contributed by atoms with Crippen molar-refractivity contribution in [2.24, 2.45) is 0 Å². The van der Waals surface area contributed by atoms with Gasteiger partial charge in [0.25, 0.3) is 0 Å². The molecule has 1 aliphatic heterocycles. The first-order chi connectivity index (χ1) is 8.97. The Morgan fingerprint density at radius 2 is 1.95 bits per heavy atom. The Labute approximate surface area is 115 Å². The molecule has 2 unspecified atom stereocenters. The topological polar surface area (TPSA) is 49.4 Å². The first-order valence-corrected chi connectivity index (χ1v) is 7.60. The fourth-order valence-corrected chi connectivity index (χ4v) is 3.31. The second kappa shape index (κ2) is 5.61. The van der Waals surface area contributed by atoms with Gasteiger partial charge in [-0.1, -0.05) is 26.2 Å². The zero-order valence-electron chi connectivity index (χ0n) is 12.4. The quantitative estimate of drug-likeness (QED) is 0.794. The van der Waals surface area contributed by atoms with Gasteiger partial charge in [0.1, 0.15) is 0 Å². The maximum absolute atomic E-state index is 12.4. The van der Waals surface area contributed by atoms with Crippen LogP contribution in [0.2, 0.25) is 0 Å². The van der Waals surface area contributed by atoms with E-state index < -0.39 is 0 Å². The van der Waals surface area contributed by atoms with E-state index in [0.717, 1.165) is 19.3 Å². The minimum absolute atomic E-state index is 0.0174. The first kappa shape index (κ1) is 14.5. The van der Waals surface area contributed by atoms with E-state index in [0.29, 0.717) is 6.42 Å². The van der Waals surface area contributed by atoms with Crippen molar-refractivity contribution in [1.82, 2.24) is 10.2 Å². The molecule has 0 aromatic carbocycles. The second-order valence-corrected chi connectivity index (χ2v) is 6.38. The number of hydrogen-bond acceptors (Lipinski definition) is 3. The predicted octanol–water partition coefficient (Wildman–Crippen LogP) is 2.22. The molecule has 0 aromatic rings. The average Bonchev–Trinajstić information content (AvgIpc) is 2.64. The van der Waals surface area contributed by atoms with Crippen molar-refractivity contribution in [3.05, 3.63) is 0 Å². The highest BCUT2D eigenvalue weighted by atomic mass is 16.2. The number of likely N-dealkylation sites (tertiary alicyclic amines) is 1. The zero-order chi connectivity index (χ0) is 14.0. The van der Waals surface area contributed by atoms with Crippen LogP contribution >= 0.6 is 0 Å². The second-order valence-electron chi connectivity index (χ2n) is 6.38. The first-order valence-electron chi connectivity index (χ1n) is 7.60. The van der Waals surface area contributed by atoms with Crippen LogP contribution in [-0.4, -0.2) is 34.3 Å². The lowest BCUT2D eigenvalue weighted by molar-refractivity contribution is -0.141. The van der Waals surface area contributed by atoms with E-state index >= 15 is 0 Å². The van der Waals surface area contributed by atoms with Gasteiger partial charge in [-0.15, -0.1) is 0 Å². The highest BCUT2D eigenvalue weighted by molar-refractivity contribution is 6.05. The third kappa shape index (κ3) is 2.99. The molecule has 1 saturated carbocycles. The normalized spacial score (nSPS) is 28.8. The summed E-state index contributed by atoms with van der Waals surface area (Å²) in [5.41, 5.74) is 0.0321. The minimum Gasteiger partial charge on any atom is -0.300 e. The number of imide groups is 1. The summed E-state index contributed by atoms with van der Waals surface area (Å²) >= 11 is 0. The maximum atomic E-state index is 12.4. The molecule has 2 aliphatic rings. The van der Waals surface area contributed by atoms with E-state index in [-0.39, 0.29) is 29.4 Å². The standard InChI is InChI=1S/C15H26N2O2/c1-4-11(2)17-13(18)10-12(14(17)19)16-15(3)8-6-5-7-9-15/h11-12,16H,4-10H2,1-3H3. The van der Waals surface area contributed by atoms with Crippen LogP contribution in [0.5, 0.6) is 0 Å². The molecule has 4 nitrogen and oxygen atoms in total. The number of nitrogens with zero attached hydrogens (tertiary/aromatic N) is 1. The van der Waals surface area contributed by atoms with Gasteiger partial charge in [0, 0.05) is 11.6 Å². The van der Waals surface area contributed by atoms with Crippen LogP contribution in [0.25, 0.3) is 0 Å². The van der Waals surface area contributed by atoms with E-state index in [1.807, 2.05) is 13.8 Å². The van der Waals surface area contributed by atoms with Gasteiger partial charge in [-0.25, -0.2) is 0 Å². The molecule has 1 N–H and O–H groups in total. The van der Waals surface area contributed by atoms with Crippen LogP contribution in [0, 0.1) is 0 Å². The van der Waals surface area contributed by atoms with Gasteiger partial charge < -0.3 is 5.32 Å². The van der Waals surface area contributed by atoms with E-state index in [2.05, 4.69) is 12.2 Å². The van der Waals surface area contributed by atoms with Crippen LogP contribution in [-0.2, 0) is 9.59 Å². The number of hydrogen-bond donors (Lipinski definition) is 1. The van der Waals surface area contributed by atoms with Crippen LogP contribution in [0.3, 0.4) is 0 Å². The molecule has 108 valence electrons. The molecule has 0 aromatic heterocycles. The molecule has 1 aliphatic carbocycles. The smallest absolute Gasteiger partial charge is 0.247 e. The fourth-order valence-electron chi connectivity index (χ4n) is 3.31. The van der Waals surface area contributed by atoms with Crippen molar-refractivity contribution in [3.63, 3.8) is 0 Å². The molecular formula is C15H26N2O2. The number of carbonyl (C=O) groups excluding carboxylic acids is 2. The Morgan fingerprint density at radius 3 is 2.53 bits per heavy atom. The number of nitrogens with one attached hydrogen (secondary N) is 1. The molecule has 1 saturated heterocycles. The summed E-state index contributed by atoms with van der Waals surface area (Å²) in [7, 11) is 0.